The summed E-state index contributed by atoms with van der Waals surface area (Å²) in [6.45, 7) is 3.00. The van der Waals surface area contributed by atoms with Crippen LogP contribution in [0.3, 0.4) is 0 Å². The van der Waals surface area contributed by atoms with Gasteiger partial charge in [-0.2, -0.15) is 5.10 Å². The van der Waals surface area contributed by atoms with Gasteiger partial charge in [-0.3, -0.25) is 9.58 Å². The summed E-state index contributed by atoms with van der Waals surface area (Å²) in [4.78, 5) is 11.3. The van der Waals surface area contributed by atoms with Crippen LogP contribution < -0.4 is 0 Å². The predicted molar refractivity (Wildman–Crippen MR) is 81.0 cm³/mol. The Balaban J connectivity index is 1.76. The lowest BCUT2D eigenvalue weighted by atomic mass is 9.95. The summed E-state index contributed by atoms with van der Waals surface area (Å²) in [5.74, 6) is 1.31. The molecule has 2 aromatic rings. The molecule has 0 spiro atoms. The maximum Gasteiger partial charge on any atom is 0.162 e. The van der Waals surface area contributed by atoms with Crippen molar-refractivity contribution in [1.29, 1.82) is 0 Å². The first-order valence-electron chi connectivity index (χ1n) is 7.34. The zero-order valence-corrected chi connectivity index (χ0v) is 12.9. The first-order valence-corrected chi connectivity index (χ1v) is 7.72. The molecule has 0 amide bonds. The molecule has 0 saturated carbocycles. The Bertz CT molecular complexity index is 627. The standard InChI is InChI=1S/C14H20ClN5O/c1-19-14-11(7-16-19)13(15)17-12(18-14)9-20-5-2-3-10(8-20)4-6-21/h7,10,21H,2-6,8-9H2,1H3. The maximum atomic E-state index is 9.09. The molecule has 3 heterocycles. The minimum atomic E-state index is 0.266. The minimum Gasteiger partial charge on any atom is -0.396 e. The molecule has 0 bridgehead atoms. The Morgan fingerprint density at radius 1 is 1.43 bits per heavy atom. The number of aliphatic hydroxyl groups is 1. The number of hydrogen-bond acceptors (Lipinski definition) is 5. The summed E-state index contributed by atoms with van der Waals surface area (Å²) >= 11 is 6.22. The Morgan fingerprint density at radius 3 is 3.10 bits per heavy atom. The van der Waals surface area contributed by atoms with Crippen molar-refractivity contribution in [1.82, 2.24) is 24.6 Å². The maximum absolute atomic E-state index is 9.09. The van der Waals surface area contributed by atoms with Crippen LogP contribution in [0.4, 0.5) is 0 Å². The van der Waals surface area contributed by atoms with Crippen molar-refractivity contribution in [3.05, 3.63) is 17.2 Å². The third-order valence-corrected chi connectivity index (χ3v) is 4.39. The molecule has 1 aliphatic heterocycles. The van der Waals surface area contributed by atoms with E-state index in [4.69, 9.17) is 16.7 Å². The molecule has 0 radical (unpaired) electrons. The quantitative estimate of drug-likeness (QED) is 0.869. The van der Waals surface area contributed by atoms with Crippen LogP contribution >= 0.6 is 11.6 Å². The molecule has 7 heteroatoms. The van der Waals surface area contributed by atoms with E-state index >= 15 is 0 Å². The molecule has 1 aliphatic rings. The van der Waals surface area contributed by atoms with Gasteiger partial charge in [-0.05, 0) is 31.7 Å². The van der Waals surface area contributed by atoms with Crippen LogP contribution in [0.2, 0.25) is 5.15 Å². The Morgan fingerprint density at radius 2 is 2.29 bits per heavy atom. The zero-order valence-electron chi connectivity index (χ0n) is 12.2. The largest absolute Gasteiger partial charge is 0.396 e. The highest BCUT2D eigenvalue weighted by molar-refractivity contribution is 6.33. The van der Waals surface area contributed by atoms with Gasteiger partial charge in [0.05, 0.1) is 18.1 Å². The smallest absolute Gasteiger partial charge is 0.162 e. The van der Waals surface area contributed by atoms with Crippen molar-refractivity contribution in [3.63, 3.8) is 0 Å². The number of aromatic nitrogens is 4. The second-order valence-electron chi connectivity index (χ2n) is 5.69. The SMILES string of the molecule is Cn1ncc2c(Cl)nc(CN3CCCC(CCO)C3)nc21. The number of fused-ring (bicyclic) bond motifs is 1. The van der Waals surface area contributed by atoms with E-state index in [1.165, 1.54) is 6.42 Å². The van der Waals surface area contributed by atoms with E-state index in [1.807, 2.05) is 7.05 Å². The molecule has 0 aliphatic carbocycles. The molecule has 6 nitrogen and oxygen atoms in total. The molecule has 21 heavy (non-hydrogen) atoms. The summed E-state index contributed by atoms with van der Waals surface area (Å²) in [7, 11) is 1.85. The number of nitrogens with zero attached hydrogens (tertiary/aromatic N) is 5. The van der Waals surface area contributed by atoms with Crippen molar-refractivity contribution in [2.24, 2.45) is 13.0 Å². The van der Waals surface area contributed by atoms with Crippen molar-refractivity contribution in [2.75, 3.05) is 19.7 Å². The molecule has 1 fully saturated rings. The number of rotatable bonds is 4. The molecule has 1 unspecified atom stereocenters. The van der Waals surface area contributed by atoms with Crippen LogP contribution in [-0.4, -0.2) is 49.5 Å². The second kappa shape index (κ2) is 6.25. The van der Waals surface area contributed by atoms with Gasteiger partial charge in [0.25, 0.3) is 0 Å². The predicted octanol–water partition coefficient (Wildman–Crippen LogP) is 1.61. The van der Waals surface area contributed by atoms with Crippen LogP contribution in [0, 0.1) is 5.92 Å². The number of piperidine rings is 1. The highest BCUT2D eigenvalue weighted by atomic mass is 35.5. The average Bonchev–Trinajstić information content (AvgIpc) is 2.82. The lowest BCUT2D eigenvalue weighted by Crippen LogP contribution is -2.35. The van der Waals surface area contributed by atoms with E-state index in [2.05, 4.69) is 20.0 Å². The molecule has 114 valence electrons. The minimum absolute atomic E-state index is 0.266. The molecule has 1 N–H and O–H groups in total. The Hall–Kier alpha value is -1.24. The Kier molecular flexibility index (Phi) is 4.37. The van der Waals surface area contributed by atoms with Crippen LogP contribution in [0.5, 0.6) is 0 Å². The van der Waals surface area contributed by atoms with Gasteiger partial charge in [0.2, 0.25) is 0 Å². The molecule has 0 aromatic carbocycles. The fraction of sp³-hybridized carbons (Fsp3) is 0.643. The highest BCUT2D eigenvalue weighted by Crippen LogP contribution is 2.23. The topological polar surface area (TPSA) is 67.1 Å². The molecule has 3 rings (SSSR count). The summed E-state index contributed by atoms with van der Waals surface area (Å²) in [5, 5.41) is 14.5. The highest BCUT2D eigenvalue weighted by Gasteiger charge is 2.21. The first kappa shape index (κ1) is 14.7. The average molecular weight is 310 g/mol. The molecule has 1 atom stereocenters. The van der Waals surface area contributed by atoms with Crippen LogP contribution in [0.25, 0.3) is 11.0 Å². The van der Waals surface area contributed by atoms with Crippen molar-refractivity contribution in [2.45, 2.75) is 25.8 Å². The first-order chi connectivity index (χ1) is 10.2. The molecular weight excluding hydrogens is 290 g/mol. The number of aliphatic hydroxyl groups excluding tert-OH is 1. The van der Waals surface area contributed by atoms with Crippen molar-refractivity contribution in [3.8, 4) is 0 Å². The van der Waals surface area contributed by atoms with E-state index in [-0.39, 0.29) is 6.61 Å². The van der Waals surface area contributed by atoms with Gasteiger partial charge in [0.15, 0.2) is 5.65 Å². The van der Waals surface area contributed by atoms with Crippen LogP contribution in [-0.2, 0) is 13.6 Å². The van der Waals surface area contributed by atoms with Gasteiger partial charge in [0, 0.05) is 20.2 Å². The van der Waals surface area contributed by atoms with E-state index < -0.39 is 0 Å². The summed E-state index contributed by atoms with van der Waals surface area (Å²) in [6.07, 6.45) is 4.92. The van der Waals surface area contributed by atoms with Gasteiger partial charge in [0.1, 0.15) is 11.0 Å². The summed E-state index contributed by atoms with van der Waals surface area (Å²) in [5.41, 5.74) is 0.772. The second-order valence-corrected chi connectivity index (χ2v) is 6.05. The normalized spacial score (nSPS) is 20.2. The molecular formula is C14H20ClN5O. The van der Waals surface area contributed by atoms with Gasteiger partial charge >= 0.3 is 0 Å². The summed E-state index contributed by atoms with van der Waals surface area (Å²) < 4.78 is 1.72. The third-order valence-electron chi connectivity index (χ3n) is 4.10. The molecule has 1 saturated heterocycles. The van der Waals surface area contributed by atoms with E-state index in [0.29, 0.717) is 17.6 Å². The number of likely N-dealkylation sites (tertiary alicyclic amines) is 1. The Labute approximate surface area is 128 Å². The van der Waals surface area contributed by atoms with Gasteiger partial charge in [-0.25, -0.2) is 9.97 Å². The molecule has 2 aromatic heterocycles. The number of aryl methyl sites for hydroxylation is 1. The van der Waals surface area contributed by atoms with Crippen LogP contribution in [0.15, 0.2) is 6.20 Å². The van der Waals surface area contributed by atoms with E-state index in [9.17, 15) is 0 Å². The van der Waals surface area contributed by atoms with Gasteiger partial charge in [-0.1, -0.05) is 11.6 Å². The number of halogens is 1. The van der Waals surface area contributed by atoms with Crippen molar-refractivity contribution >= 4 is 22.6 Å². The van der Waals surface area contributed by atoms with Crippen molar-refractivity contribution < 1.29 is 5.11 Å². The zero-order chi connectivity index (χ0) is 14.8. The van der Waals surface area contributed by atoms with E-state index in [1.54, 1.807) is 10.9 Å². The fourth-order valence-electron chi connectivity index (χ4n) is 3.01. The lowest BCUT2D eigenvalue weighted by molar-refractivity contribution is 0.140. The fourth-order valence-corrected chi connectivity index (χ4v) is 3.24. The monoisotopic (exact) mass is 309 g/mol. The summed E-state index contributed by atoms with van der Waals surface area (Å²) in [6, 6.07) is 0. The van der Waals surface area contributed by atoms with Crippen LogP contribution in [0.1, 0.15) is 25.1 Å². The van der Waals surface area contributed by atoms with Gasteiger partial charge in [-0.15, -0.1) is 0 Å². The number of hydrogen-bond donors (Lipinski definition) is 1. The van der Waals surface area contributed by atoms with E-state index in [0.717, 1.165) is 42.8 Å². The van der Waals surface area contributed by atoms with Gasteiger partial charge < -0.3 is 5.11 Å². The third kappa shape index (κ3) is 3.17. The lowest BCUT2D eigenvalue weighted by Gasteiger charge is -2.31.